The number of rotatable bonds is 4. The highest BCUT2D eigenvalue weighted by atomic mass is 16.5. The molecule has 0 aliphatic heterocycles. The molecule has 0 amide bonds. The number of carbonyl (C=O) groups is 1. The van der Waals surface area contributed by atoms with Gasteiger partial charge in [-0.05, 0) is 20.8 Å². The predicted molar refractivity (Wildman–Crippen MR) is 51.5 cm³/mol. The molecule has 0 bridgehead atoms. The van der Waals surface area contributed by atoms with Gasteiger partial charge in [-0.2, -0.15) is 0 Å². The van der Waals surface area contributed by atoms with Crippen molar-refractivity contribution in [3.63, 3.8) is 0 Å². The summed E-state index contributed by atoms with van der Waals surface area (Å²) in [6, 6.07) is 0. The number of ether oxygens (including phenoxy) is 2. The van der Waals surface area contributed by atoms with E-state index in [9.17, 15) is 4.79 Å². The minimum atomic E-state index is -0.410. The van der Waals surface area contributed by atoms with Crippen molar-refractivity contribution in [2.24, 2.45) is 11.3 Å². The molecule has 0 N–H and O–H groups in total. The lowest BCUT2D eigenvalue weighted by Crippen LogP contribution is -2.25. The smallest absolute Gasteiger partial charge is 0.311 e. The summed E-state index contributed by atoms with van der Waals surface area (Å²) >= 11 is 0. The second-order valence-corrected chi connectivity index (χ2v) is 4.41. The summed E-state index contributed by atoms with van der Waals surface area (Å²) in [5, 5.41) is 0. The summed E-state index contributed by atoms with van der Waals surface area (Å²) in [6.45, 7) is 8.57. The van der Waals surface area contributed by atoms with E-state index >= 15 is 0 Å². The van der Waals surface area contributed by atoms with Crippen LogP contribution in [0.15, 0.2) is 0 Å². The molecule has 0 aromatic carbocycles. The standard InChI is InChI=1S/C10H20O3/c1-8(6-12-5)7-13-9(11)10(2,3)4/h8H,6-7H2,1-5H3. The van der Waals surface area contributed by atoms with Crippen molar-refractivity contribution >= 4 is 5.97 Å². The SMILES string of the molecule is COCC(C)COC(=O)C(C)(C)C. The van der Waals surface area contributed by atoms with Crippen molar-refractivity contribution in [3.8, 4) is 0 Å². The van der Waals surface area contributed by atoms with Crippen molar-refractivity contribution in [2.45, 2.75) is 27.7 Å². The fourth-order valence-corrected chi connectivity index (χ4v) is 0.767. The molecule has 0 aromatic heterocycles. The van der Waals surface area contributed by atoms with E-state index in [1.165, 1.54) is 0 Å². The third-order valence-electron chi connectivity index (χ3n) is 1.56. The Morgan fingerprint density at radius 2 is 1.85 bits per heavy atom. The molecule has 0 aliphatic rings. The van der Waals surface area contributed by atoms with Crippen LogP contribution in [0.3, 0.4) is 0 Å². The van der Waals surface area contributed by atoms with Crippen LogP contribution in [0.25, 0.3) is 0 Å². The Kier molecular flexibility index (Phi) is 4.99. The molecule has 78 valence electrons. The predicted octanol–water partition coefficient (Wildman–Crippen LogP) is 1.86. The summed E-state index contributed by atoms with van der Waals surface area (Å²) in [6.07, 6.45) is 0. The van der Waals surface area contributed by atoms with Crippen LogP contribution in [0.5, 0.6) is 0 Å². The third-order valence-corrected chi connectivity index (χ3v) is 1.56. The highest BCUT2D eigenvalue weighted by Gasteiger charge is 2.23. The molecule has 1 atom stereocenters. The van der Waals surface area contributed by atoms with Gasteiger partial charge in [-0.25, -0.2) is 0 Å². The van der Waals surface area contributed by atoms with E-state index in [-0.39, 0.29) is 11.9 Å². The zero-order valence-corrected chi connectivity index (χ0v) is 9.22. The van der Waals surface area contributed by atoms with Gasteiger partial charge < -0.3 is 9.47 Å². The Hall–Kier alpha value is -0.570. The van der Waals surface area contributed by atoms with Crippen molar-refractivity contribution < 1.29 is 14.3 Å². The number of hydrogen-bond acceptors (Lipinski definition) is 3. The van der Waals surface area contributed by atoms with Crippen LogP contribution in [-0.4, -0.2) is 26.3 Å². The van der Waals surface area contributed by atoms with Gasteiger partial charge in [-0.1, -0.05) is 6.92 Å². The van der Waals surface area contributed by atoms with Gasteiger partial charge in [0.2, 0.25) is 0 Å². The molecule has 13 heavy (non-hydrogen) atoms. The second kappa shape index (κ2) is 5.22. The van der Waals surface area contributed by atoms with E-state index in [1.54, 1.807) is 7.11 Å². The lowest BCUT2D eigenvalue weighted by molar-refractivity contribution is -0.154. The van der Waals surface area contributed by atoms with Crippen LogP contribution < -0.4 is 0 Å². The number of hydrogen-bond donors (Lipinski definition) is 0. The van der Waals surface area contributed by atoms with Crippen molar-refractivity contribution in [2.75, 3.05) is 20.3 Å². The Balaban J connectivity index is 3.71. The molecule has 0 rings (SSSR count). The monoisotopic (exact) mass is 188 g/mol. The lowest BCUT2D eigenvalue weighted by Gasteiger charge is -2.18. The Bertz CT molecular complexity index is 158. The van der Waals surface area contributed by atoms with Crippen molar-refractivity contribution in [3.05, 3.63) is 0 Å². The first kappa shape index (κ1) is 12.4. The Morgan fingerprint density at radius 1 is 1.31 bits per heavy atom. The van der Waals surface area contributed by atoms with Crippen molar-refractivity contribution in [1.29, 1.82) is 0 Å². The van der Waals surface area contributed by atoms with E-state index in [0.29, 0.717) is 13.2 Å². The minimum Gasteiger partial charge on any atom is -0.465 e. The van der Waals surface area contributed by atoms with Crippen LogP contribution in [0.2, 0.25) is 0 Å². The van der Waals surface area contributed by atoms with Gasteiger partial charge in [0.25, 0.3) is 0 Å². The van der Waals surface area contributed by atoms with Gasteiger partial charge in [-0.3, -0.25) is 4.79 Å². The molecule has 0 spiro atoms. The highest BCUT2D eigenvalue weighted by molar-refractivity contribution is 5.75. The van der Waals surface area contributed by atoms with E-state index in [2.05, 4.69) is 0 Å². The van der Waals surface area contributed by atoms with Gasteiger partial charge in [-0.15, -0.1) is 0 Å². The van der Waals surface area contributed by atoms with Gasteiger partial charge in [0.1, 0.15) is 0 Å². The first-order chi connectivity index (χ1) is 5.88. The second-order valence-electron chi connectivity index (χ2n) is 4.41. The van der Waals surface area contributed by atoms with Gasteiger partial charge in [0, 0.05) is 13.0 Å². The summed E-state index contributed by atoms with van der Waals surface area (Å²) in [7, 11) is 1.64. The molecule has 0 heterocycles. The lowest BCUT2D eigenvalue weighted by atomic mass is 9.97. The zero-order chi connectivity index (χ0) is 10.5. The molecule has 1 unspecified atom stereocenters. The fourth-order valence-electron chi connectivity index (χ4n) is 0.767. The average Bonchev–Trinajstić information content (AvgIpc) is 1.99. The molecule has 3 nitrogen and oxygen atoms in total. The largest absolute Gasteiger partial charge is 0.465 e. The molecule has 0 saturated carbocycles. The summed E-state index contributed by atoms with van der Waals surface area (Å²) in [4.78, 5) is 11.3. The summed E-state index contributed by atoms with van der Waals surface area (Å²) in [5.74, 6) is 0.103. The van der Waals surface area contributed by atoms with Gasteiger partial charge in [0.05, 0.1) is 18.6 Å². The van der Waals surface area contributed by atoms with Gasteiger partial charge in [0.15, 0.2) is 0 Å². The van der Waals surface area contributed by atoms with Gasteiger partial charge >= 0.3 is 5.97 Å². The van der Waals surface area contributed by atoms with Crippen LogP contribution >= 0.6 is 0 Å². The number of carbonyl (C=O) groups excluding carboxylic acids is 1. The topological polar surface area (TPSA) is 35.5 Å². The van der Waals surface area contributed by atoms with E-state index < -0.39 is 5.41 Å². The van der Waals surface area contributed by atoms with Crippen molar-refractivity contribution in [1.82, 2.24) is 0 Å². The van der Waals surface area contributed by atoms with E-state index in [1.807, 2.05) is 27.7 Å². The maximum atomic E-state index is 11.3. The van der Waals surface area contributed by atoms with Crippen LogP contribution in [-0.2, 0) is 14.3 Å². The number of esters is 1. The molecule has 0 aromatic rings. The first-order valence-electron chi connectivity index (χ1n) is 4.54. The highest BCUT2D eigenvalue weighted by Crippen LogP contribution is 2.15. The molecular formula is C10H20O3. The van der Waals surface area contributed by atoms with E-state index in [0.717, 1.165) is 0 Å². The third kappa shape index (κ3) is 5.64. The Morgan fingerprint density at radius 3 is 2.23 bits per heavy atom. The summed E-state index contributed by atoms with van der Waals surface area (Å²) < 4.78 is 10.0. The summed E-state index contributed by atoms with van der Waals surface area (Å²) in [5.41, 5.74) is -0.410. The Labute approximate surface area is 80.4 Å². The van der Waals surface area contributed by atoms with Crippen LogP contribution in [0.4, 0.5) is 0 Å². The quantitative estimate of drug-likeness (QED) is 0.632. The normalized spacial score (nSPS) is 13.9. The maximum absolute atomic E-state index is 11.3. The molecule has 0 aliphatic carbocycles. The maximum Gasteiger partial charge on any atom is 0.311 e. The minimum absolute atomic E-state index is 0.157. The molecule has 3 heteroatoms. The molecule has 0 fully saturated rings. The first-order valence-corrected chi connectivity index (χ1v) is 4.54. The fraction of sp³-hybridized carbons (Fsp3) is 0.900. The molecule has 0 radical (unpaired) electrons. The van der Waals surface area contributed by atoms with Crippen LogP contribution in [0.1, 0.15) is 27.7 Å². The average molecular weight is 188 g/mol. The van der Waals surface area contributed by atoms with Crippen LogP contribution in [0, 0.1) is 11.3 Å². The molecular weight excluding hydrogens is 168 g/mol. The zero-order valence-electron chi connectivity index (χ0n) is 9.22. The van der Waals surface area contributed by atoms with E-state index in [4.69, 9.17) is 9.47 Å². The number of methoxy groups -OCH3 is 1. The molecule has 0 saturated heterocycles.